The van der Waals surface area contributed by atoms with E-state index in [0.29, 0.717) is 11.3 Å². The smallest absolute Gasteiger partial charge is 0.342 e. The number of furan rings is 1. The molecule has 0 aliphatic carbocycles. The Morgan fingerprint density at radius 1 is 1.19 bits per heavy atom. The number of methoxy groups -OCH3 is 1. The molecule has 0 unspecified atom stereocenters. The number of nitriles is 1. The number of amides is 2. The van der Waals surface area contributed by atoms with E-state index in [0.717, 1.165) is 0 Å². The molecule has 8 heteroatoms. The van der Waals surface area contributed by atoms with E-state index in [-0.39, 0.29) is 35.1 Å². The van der Waals surface area contributed by atoms with E-state index in [1.165, 1.54) is 21.0 Å². The van der Waals surface area contributed by atoms with E-state index in [1.54, 1.807) is 24.3 Å². The number of nitrogens with one attached hydrogen (secondary N) is 2. The average molecular weight is 355 g/mol. The van der Waals surface area contributed by atoms with Gasteiger partial charge in [-0.2, -0.15) is 5.26 Å². The van der Waals surface area contributed by atoms with E-state index in [4.69, 9.17) is 4.42 Å². The van der Waals surface area contributed by atoms with Crippen molar-refractivity contribution in [3.05, 3.63) is 46.7 Å². The topological polar surface area (TPSA) is 121 Å². The highest BCUT2D eigenvalue weighted by Gasteiger charge is 2.25. The zero-order valence-electron chi connectivity index (χ0n) is 14.5. The summed E-state index contributed by atoms with van der Waals surface area (Å²) in [7, 11) is 1.19. The van der Waals surface area contributed by atoms with Gasteiger partial charge in [0.2, 0.25) is 17.7 Å². The Balaban J connectivity index is 2.12. The minimum atomic E-state index is -0.711. The average Bonchev–Trinajstić information content (AvgIpc) is 2.90. The normalized spacial score (nSPS) is 9.92. The van der Waals surface area contributed by atoms with Crippen LogP contribution in [-0.4, -0.2) is 24.9 Å². The molecular weight excluding hydrogens is 338 g/mol. The summed E-state index contributed by atoms with van der Waals surface area (Å²) in [5.74, 6) is -1.22. The summed E-state index contributed by atoms with van der Waals surface area (Å²) >= 11 is 0. The minimum Gasteiger partial charge on any atom is -0.465 e. The van der Waals surface area contributed by atoms with Gasteiger partial charge in [0.1, 0.15) is 23.0 Å². The van der Waals surface area contributed by atoms with Crippen LogP contribution in [0.2, 0.25) is 0 Å². The third-order valence-corrected chi connectivity index (χ3v) is 3.48. The Hall–Kier alpha value is -3.60. The molecule has 0 radical (unpaired) electrons. The van der Waals surface area contributed by atoms with E-state index >= 15 is 0 Å². The molecule has 1 aromatic heterocycles. The lowest BCUT2D eigenvalue weighted by molar-refractivity contribution is -0.116. The fraction of sp³-hybridized carbons (Fsp3) is 0.222. The second kappa shape index (κ2) is 7.98. The number of esters is 1. The van der Waals surface area contributed by atoms with Crippen molar-refractivity contribution in [1.82, 2.24) is 0 Å². The summed E-state index contributed by atoms with van der Waals surface area (Å²) in [6.45, 7) is 2.91. The molecule has 0 fully saturated rings. The number of carbonyl (C=O) groups is 3. The first-order valence-electron chi connectivity index (χ1n) is 7.64. The second-order valence-electron chi connectivity index (χ2n) is 5.44. The van der Waals surface area contributed by atoms with Crippen molar-refractivity contribution >= 4 is 29.4 Å². The minimum absolute atomic E-state index is 0.00930. The van der Waals surface area contributed by atoms with Gasteiger partial charge in [-0.05, 0) is 24.6 Å². The summed E-state index contributed by atoms with van der Waals surface area (Å²) in [5.41, 5.74) is 1.23. The molecule has 0 bridgehead atoms. The first kappa shape index (κ1) is 18.7. The number of rotatable bonds is 5. The number of carbonyl (C=O) groups excluding carboxylic acids is 3. The van der Waals surface area contributed by atoms with Gasteiger partial charge in [-0.3, -0.25) is 14.9 Å². The van der Waals surface area contributed by atoms with E-state index in [9.17, 15) is 19.6 Å². The van der Waals surface area contributed by atoms with Crippen LogP contribution < -0.4 is 10.6 Å². The summed E-state index contributed by atoms with van der Waals surface area (Å²) in [6.07, 6.45) is 0.0263. The van der Waals surface area contributed by atoms with Gasteiger partial charge in [-0.25, -0.2) is 4.79 Å². The van der Waals surface area contributed by atoms with Gasteiger partial charge < -0.3 is 14.5 Å². The van der Waals surface area contributed by atoms with Crippen molar-refractivity contribution in [1.29, 1.82) is 5.26 Å². The highest BCUT2D eigenvalue weighted by Crippen LogP contribution is 2.27. The Morgan fingerprint density at radius 3 is 2.38 bits per heavy atom. The Morgan fingerprint density at radius 2 is 1.85 bits per heavy atom. The zero-order valence-corrected chi connectivity index (χ0v) is 14.5. The lowest BCUT2D eigenvalue weighted by Crippen LogP contribution is -2.15. The highest BCUT2D eigenvalue weighted by atomic mass is 16.5. The number of aryl methyl sites for hydroxylation is 1. The zero-order chi connectivity index (χ0) is 19.3. The van der Waals surface area contributed by atoms with Crippen LogP contribution in [-0.2, 0) is 20.7 Å². The number of nitrogens with zero attached hydrogens (tertiary/aromatic N) is 1. The van der Waals surface area contributed by atoms with E-state index in [2.05, 4.69) is 15.4 Å². The number of hydrogen-bond donors (Lipinski definition) is 2. The molecule has 0 aliphatic heterocycles. The van der Waals surface area contributed by atoms with E-state index in [1.807, 2.05) is 6.07 Å². The third kappa shape index (κ3) is 4.27. The molecule has 2 N–H and O–H groups in total. The molecule has 0 saturated carbocycles. The van der Waals surface area contributed by atoms with Gasteiger partial charge in [0.05, 0.1) is 13.5 Å². The van der Waals surface area contributed by atoms with Crippen LogP contribution in [0.25, 0.3) is 0 Å². The largest absolute Gasteiger partial charge is 0.465 e. The van der Waals surface area contributed by atoms with Crippen molar-refractivity contribution in [3.63, 3.8) is 0 Å². The summed E-state index contributed by atoms with van der Waals surface area (Å²) in [5, 5.41) is 14.4. The second-order valence-corrected chi connectivity index (χ2v) is 5.44. The van der Waals surface area contributed by atoms with Crippen molar-refractivity contribution in [2.24, 2.45) is 0 Å². The van der Waals surface area contributed by atoms with Crippen LogP contribution in [0.1, 0.15) is 34.2 Å². The Labute approximate surface area is 149 Å². The monoisotopic (exact) mass is 355 g/mol. The van der Waals surface area contributed by atoms with Crippen LogP contribution in [0.15, 0.2) is 28.7 Å². The standard InChI is InChI=1S/C18H17N3O5/c1-10-16(18(24)25-3)14(9-19)17(26-10)21-15(23)8-12-4-6-13(7-5-12)20-11(2)22/h4-7H,8H2,1-3H3,(H,20,22)(H,21,23). The Bertz CT molecular complexity index is 891. The van der Waals surface area contributed by atoms with Gasteiger partial charge in [0.25, 0.3) is 0 Å². The number of hydrogen-bond acceptors (Lipinski definition) is 6. The fourth-order valence-corrected chi connectivity index (χ4v) is 2.35. The SMILES string of the molecule is COC(=O)c1c(C)oc(NC(=O)Cc2ccc(NC(C)=O)cc2)c1C#N. The van der Waals surface area contributed by atoms with E-state index < -0.39 is 11.9 Å². The maximum Gasteiger partial charge on any atom is 0.342 e. The molecule has 2 aromatic rings. The fourth-order valence-electron chi connectivity index (χ4n) is 2.35. The molecule has 26 heavy (non-hydrogen) atoms. The lowest BCUT2D eigenvalue weighted by atomic mass is 10.1. The number of benzene rings is 1. The van der Waals surface area contributed by atoms with Crippen LogP contribution in [0, 0.1) is 18.3 Å². The molecular formula is C18H17N3O5. The lowest BCUT2D eigenvalue weighted by Gasteiger charge is -2.05. The quantitative estimate of drug-likeness (QED) is 0.794. The first-order chi connectivity index (χ1) is 12.3. The third-order valence-electron chi connectivity index (χ3n) is 3.48. The van der Waals surface area contributed by atoms with Crippen LogP contribution >= 0.6 is 0 Å². The molecule has 8 nitrogen and oxygen atoms in total. The summed E-state index contributed by atoms with van der Waals surface area (Å²) in [4.78, 5) is 34.9. The molecule has 1 heterocycles. The van der Waals surface area contributed by atoms with Gasteiger partial charge >= 0.3 is 5.97 Å². The first-order valence-corrected chi connectivity index (χ1v) is 7.64. The highest BCUT2D eigenvalue weighted by molar-refractivity contribution is 5.98. The maximum absolute atomic E-state index is 12.2. The van der Waals surface area contributed by atoms with Crippen LogP contribution in [0.5, 0.6) is 0 Å². The molecule has 134 valence electrons. The van der Waals surface area contributed by atoms with Crippen molar-refractivity contribution < 1.29 is 23.5 Å². The summed E-state index contributed by atoms with van der Waals surface area (Å²) in [6, 6.07) is 8.60. The van der Waals surface area contributed by atoms with Crippen LogP contribution in [0.3, 0.4) is 0 Å². The number of ether oxygens (including phenoxy) is 1. The molecule has 2 amide bonds. The molecule has 2 rings (SSSR count). The van der Waals surface area contributed by atoms with Crippen molar-refractivity contribution in [2.75, 3.05) is 17.7 Å². The molecule has 0 aliphatic rings. The molecule has 0 atom stereocenters. The maximum atomic E-state index is 12.2. The van der Waals surface area contributed by atoms with Crippen LogP contribution in [0.4, 0.5) is 11.6 Å². The predicted octanol–water partition coefficient (Wildman–Crippen LogP) is 2.39. The van der Waals surface area contributed by atoms with Gasteiger partial charge in [-0.1, -0.05) is 12.1 Å². The Kier molecular flexibility index (Phi) is 5.75. The summed E-state index contributed by atoms with van der Waals surface area (Å²) < 4.78 is 9.95. The molecule has 0 saturated heterocycles. The molecule has 0 spiro atoms. The van der Waals surface area contributed by atoms with Gasteiger partial charge in [0, 0.05) is 12.6 Å². The predicted molar refractivity (Wildman–Crippen MR) is 92.6 cm³/mol. The van der Waals surface area contributed by atoms with Gasteiger partial charge in [0.15, 0.2) is 0 Å². The number of anilines is 2. The van der Waals surface area contributed by atoms with Crippen molar-refractivity contribution in [2.45, 2.75) is 20.3 Å². The van der Waals surface area contributed by atoms with Crippen molar-refractivity contribution in [3.8, 4) is 6.07 Å². The van der Waals surface area contributed by atoms with Gasteiger partial charge in [-0.15, -0.1) is 0 Å². The molecule has 1 aromatic carbocycles.